The average Bonchev–Trinajstić information content (AvgIpc) is 3.15. The lowest BCUT2D eigenvalue weighted by Gasteiger charge is -2.09. The molecule has 0 aliphatic heterocycles. The van der Waals surface area contributed by atoms with E-state index in [1.807, 2.05) is 10.6 Å². The lowest BCUT2D eigenvalue weighted by molar-refractivity contribution is 0.0998. The molecule has 180 valence electrons. The summed E-state index contributed by atoms with van der Waals surface area (Å²) in [5.41, 5.74) is 2.59. The van der Waals surface area contributed by atoms with Gasteiger partial charge in [-0.25, -0.2) is 12.8 Å². The molecule has 4 rings (SSSR count). The average molecular weight is 510 g/mol. The number of carbonyl (C=O) groups is 1. The second-order valence-corrected chi connectivity index (χ2v) is 10.9. The monoisotopic (exact) mass is 509 g/mol. The highest BCUT2D eigenvalue weighted by molar-refractivity contribution is 7.92. The van der Waals surface area contributed by atoms with E-state index in [9.17, 15) is 17.6 Å². The van der Waals surface area contributed by atoms with Crippen molar-refractivity contribution in [1.29, 1.82) is 0 Å². The van der Waals surface area contributed by atoms with Crippen molar-refractivity contribution in [3.63, 3.8) is 0 Å². The van der Waals surface area contributed by atoms with Crippen molar-refractivity contribution >= 4 is 43.2 Å². The molecule has 1 aromatic heterocycles. The van der Waals surface area contributed by atoms with E-state index in [2.05, 4.69) is 42.3 Å². The first kappa shape index (κ1) is 24.6. The van der Waals surface area contributed by atoms with Crippen molar-refractivity contribution in [3.05, 3.63) is 101 Å². The van der Waals surface area contributed by atoms with E-state index in [1.54, 1.807) is 18.2 Å². The van der Waals surface area contributed by atoms with Crippen LogP contribution in [-0.4, -0.2) is 18.9 Å². The summed E-state index contributed by atoms with van der Waals surface area (Å²) in [5, 5.41) is 0. The van der Waals surface area contributed by atoms with Gasteiger partial charge in [0.15, 0.2) is 4.80 Å². The quantitative estimate of drug-likeness (QED) is 0.325. The fourth-order valence-corrected chi connectivity index (χ4v) is 5.67. The van der Waals surface area contributed by atoms with Crippen LogP contribution in [0.15, 0.2) is 89.3 Å². The summed E-state index contributed by atoms with van der Waals surface area (Å²) in [6.45, 7) is 8.55. The van der Waals surface area contributed by atoms with Crippen LogP contribution in [0.5, 0.6) is 0 Å². The van der Waals surface area contributed by atoms with Gasteiger partial charge < -0.3 is 4.57 Å². The maximum Gasteiger partial charge on any atom is 0.279 e. The number of halogens is 1. The summed E-state index contributed by atoms with van der Waals surface area (Å²) in [6.07, 6.45) is 1.75. The largest absolute Gasteiger partial charge is 0.312 e. The Morgan fingerprint density at radius 1 is 1.14 bits per heavy atom. The molecule has 0 aliphatic carbocycles. The Morgan fingerprint density at radius 3 is 2.57 bits per heavy atom. The molecule has 1 N–H and O–H groups in total. The van der Waals surface area contributed by atoms with Crippen molar-refractivity contribution in [1.82, 2.24) is 4.57 Å². The summed E-state index contributed by atoms with van der Waals surface area (Å²) in [6, 6.07) is 16.8. The van der Waals surface area contributed by atoms with Crippen molar-refractivity contribution < 1.29 is 17.6 Å². The smallest absolute Gasteiger partial charge is 0.279 e. The number of benzene rings is 3. The Labute approximate surface area is 207 Å². The van der Waals surface area contributed by atoms with E-state index in [4.69, 9.17) is 0 Å². The molecule has 3 aromatic carbocycles. The first-order chi connectivity index (χ1) is 16.7. The van der Waals surface area contributed by atoms with Crippen LogP contribution in [-0.2, 0) is 16.6 Å². The highest BCUT2D eigenvalue weighted by atomic mass is 32.2. The Balaban J connectivity index is 1.68. The molecule has 0 bridgehead atoms. The number of anilines is 1. The van der Waals surface area contributed by atoms with Gasteiger partial charge in [0.2, 0.25) is 0 Å². The number of aromatic nitrogens is 1. The zero-order valence-corrected chi connectivity index (χ0v) is 20.9. The minimum Gasteiger partial charge on any atom is -0.312 e. The van der Waals surface area contributed by atoms with Gasteiger partial charge in [0.05, 0.1) is 15.1 Å². The molecule has 35 heavy (non-hydrogen) atoms. The number of carbonyl (C=O) groups excluding carboxylic acids is 1. The van der Waals surface area contributed by atoms with Crippen molar-refractivity contribution in [3.8, 4) is 0 Å². The fraction of sp³-hybridized carbons (Fsp3) is 0.154. The van der Waals surface area contributed by atoms with Gasteiger partial charge >= 0.3 is 0 Å². The first-order valence-electron chi connectivity index (χ1n) is 10.9. The van der Waals surface area contributed by atoms with Crippen LogP contribution in [0.2, 0.25) is 0 Å². The third kappa shape index (κ3) is 5.41. The molecule has 6 nitrogen and oxygen atoms in total. The number of fused-ring (bicyclic) bond motifs is 1. The van der Waals surface area contributed by atoms with Gasteiger partial charge in [-0.1, -0.05) is 43.4 Å². The van der Waals surface area contributed by atoms with Gasteiger partial charge in [0, 0.05) is 17.8 Å². The van der Waals surface area contributed by atoms with Crippen LogP contribution in [0.3, 0.4) is 0 Å². The Hall–Kier alpha value is -3.56. The number of sulfonamides is 1. The van der Waals surface area contributed by atoms with E-state index in [-0.39, 0.29) is 16.1 Å². The molecular formula is C26H24FN3O3S2. The minimum atomic E-state index is -3.95. The van der Waals surface area contributed by atoms with Gasteiger partial charge in [-0.05, 0) is 66.1 Å². The van der Waals surface area contributed by atoms with Crippen LogP contribution in [0.25, 0.3) is 10.2 Å². The molecular weight excluding hydrogens is 485 g/mol. The summed E-state index contributed by atoms with van der Waals surface area (Å²) < 4.78 is 43.8. The first-order valence-corrected chi connectivity index (χ1v) is 13.2. The molecule has 0 spiro atoms. The molecule has 0 unspecified atom stereocenters. The third-order valence-corrected chi connectivity index (χ3v) is 7.81. The second kappa shape index (κ2) is 9.97. The van der Waals surface area contributed by atoms with Crippen LogP contribution in [0.1, 0.15) is 35.7 Å². The molecule has 0 aliphatic rings. The number of amides is 1. The number of rotatable bonds is 7. The van der Waals surface area contributed by atoms with Gasteiger partial charge in [-0.15, -0.1) is 6.58 Å². The predicted octanol–water partition coefficient (Wildman–Crippen LogP) is 5.69. The van der Waals surface area contributed by atoms with E-state index in [1.165, 1.54) is 41.2 Å². The van der Waals surface area contributed by atoms with Crippen LogP contribution in [0.4, 0.5) is 10.1 Å². The van der Waals surface area contributed by atoms with E-state index in [0.29, 0.717) is 17.3 Å². The summed E-state index contributed by atoms with van der Waals surface area (Å²) in [7, 11) is -3.95. The Bertz CT molecular complexity index is 1580. The number of hydrogen-bond donors (Lipinski definition) is 1. The van der Waals surface area contributed by atoms with Crippen LogP contribution >= 0.6 is 11.3 Å². The second-order valence-electron chi connectivity index (χ2n) is 8.22. The lowest BCUT2D eigenvalue weighted by Crippen LogP contribution is -2.16. The summed E-state index contributed by atoms with van der Waals surface area (Å²) >= 11 is 1.42. The lowest BCUT2D eigenvalue weighted by atomic mass is 10.0. The van der Waals surface area contributed by atoms with Crippen molar-refractivity contribution in [2.45, 2.75) is 31.2 Å². The number of nitrogens with zero attached hydrogens (tertiary/aromatic N) is 2. The van der Waals surface area contributed by atoms with Gasteiger partial charge in [-0.3, -0.25) is 9.52 Å². The van der Waals surface area contributed by atoms with Gasteiger partial charge in [-0.2, -0.15) is 4.99 Å². The molecule has 1 amide bonds. The maximum atomic E-state index is 13.2. The van der Waals surface area contributed by atoms with E-state index >= 15 is 0 Å². The normalized spacial score (nSPS) is 12.3. The molecule has 0 fully saturated rings. The highest BCUT2D eigenvalue weighted by Gasteiger charge is 2.16. The third-order valence-electron chi connectivity index (χ3n) is 5.37. The Morgan fingerprint density at radius 2 is 1.89 bits per heavy atom. The molecule has 4 aromatic rings. The number of thiazole rings is 1. The van der Waals surface area contributed by atoms with E-state index in [0.717, 1.165) is 22.3 Å². The zero-order chi connectivity index (χ0) is 25.2. The van der Waals surface area contributed by atoms with Gasteiger partial charge in [0.1, 0.15) is 5.82 Å². The molecule has 0 radical (unpaired) electrons. The number of nitrogens with one attached hydrogen (secondary N) is 1. The van der Waals surface area contributed by atoms with Crippen LogP contribution < -0.4 is 9.52 Å². The highest BCUT2D eigenvalue weighted by Crippen LogP contribution is 2.24. The summed E-state index contributed by atoms with van der Waals surface area (Å²) in [4.78, 5) is 17.8. The maximum absolute atomic E-state index is 13.2. The number of allylic oxidation sites excluding steroid dienone is 1. The fourth-order valence-electron chi connectivity index (χ4n) is 3.53. The topological polar surface area (TPSA) is 80.5 Å². The molecule has 0 saturated heterocycles. The molecule has 0 saturated carbocycles. The molecule has 1 heterocycles. The standard InChI is InChI=1S/C26H24FN3O3S2/c1-4-14-30-23-13-8-18(17(2)3)16-24(23)34-26(30)28-25(31)19-6-5-7-21(15-19)29-35(32,33)22-11-9-20(27)10-12-22/h4-13,15-17,29H,1,14H2,2-3H3. The molecule has 0 atom stereocenters. The van der Waals surface area contributed by atoms with E-state index < -0.39 is 21.7 Å². The predicted molar refractivity (Wildman–Crippen MR) is 138 cm³/mol. The van der Waals surface area contributed by atoms with Gasteiger partial charge in [0.25, 0.3) is 15.9 Å². The van der Waals surface area contributed by atoms with Crippen molar-refractivity contribution in [2.24, 2.45) is 4.99 Å². The minimum absolute atomic E-state index is 0.0863. The molecule has 9 heteroatoms. The van der Waals surface area contributed by atoms with Crippen LogP contribution in [0, 0.1) is 5.82 Å². The van der Waals surface area contributed by atoms with Crippen molar-refractivity contribution in [2.75, 3.05) is 4.72 Å². The summed E-state index contributed by atoms with van der Waals surface area (Å²) in [5.74, 6) is -0.660. The zero-order valence-electron chi connectivity index (χ0n) is 19.2. The number of hydrogen-bond acceptors (Lipinski definition) is 4. The SMILES string of the molecule is C=CCn1c(=NC(=O)c2cccc(NS(=O)(=O)c3ccc(F)cc3)c2)sc2cc(C(C)C)ccc21. The Kier molecular flexibility index (Phi) is 7.00.